The second-order valence-corrected chi connectivity index (χ2v) is 5.80. The summed E-state index contributed by atoms with van der Waals surface area (Å²) in [5.41, 5.74) is 6.80. The standard InChI is InChI=1S/C16H21N/c1-11-10-17-12(2)15(11)13-6-8-14(9-7-13)16(3,4)5/h6-10,17H,1-5H3. The van der Waals surface area contributed by atoms with Crippen LogP contribution in [0.25, 0.3) is 11.1 Å². The summed E-state index contributed by atoms with van der Waals surface area (Å²) >= 11 is 0. The Kier molecular flexibility index (Phi) is 2.86. The number of H-pyrrole nitrogens is 1. The topological polar surface area (TPSA) is 15.8 Å². The van der Waals surface area contributed by atoms with Gasteiger partial charge in [0.2, 0.25) is 0 Å². The van der Waals surface area contributed by atoms with Gasteiger partial charge in [0.1, 0.15) is 0 Å². The fraction of sp³-hybridized carbons (Fsp3) is 0.375. The lowest BCUT2D eigenvalue weighted by molar-refractivity contribution is 0.590. The van der Waals surface area contributed by atoms with Gasteiger partial charge in [-0.2, -0.15) is 0 Å². The Hall–Kier alpha value is -1.50. The number of hydrogen-bond donors (Lipinski definition) is 1. The van der Waals surface area contributed by atoms with Crippen LogP contribution in [0.1, 0.15) is 37.6 Å². The number of aromatic nitrogens is 1. The summed E-state index contributed by atoms with van der Waals surface area (Å²) in [6.45, 7) is 11.0. The van der Waals surface area contributed by atoms with E-state index in [1.807, 2.05) is 0 Å². The summed E-state index contributed by atoms with van der Waals surface area (Å²) in [5, 5.41) is 0. The highest BCUT2D eigenvalue weighted by Crippen LogP contribution is 2.29. The van der Waals surface area contributed by atoms with Crippen molar-refractivity contribution in [1.29, 1.82) is 0 Å². The molecule has 1 heteroatoms. The van der Waals surface area contributed by atoms with E-state index in [-0.39, 0.29) is 5.41 Å². The fourth-order valence-electron chi connectivity index (χ4n) is 2.24. The SMILES string of the molecule is Cc1c[nH]c(C)c1-c1ccc(C(C)(C)C)cc1. The van der Waals surface area contributed by atoms with Crippen molar-refractivity contribution in [3.05, 3.63) is 47.3 Å². The number of hydrogen-bond acceptors (Lipinski definition) is 0. The molecule has 90 valence electrons. The van der Waals surface area contributed by atoms with Gasteiger partial charge in [0, 0.05) is 17.5 Å². The maximum atomic E-state index is 3.28. The number of nitrogens with one attached hydrogen (secondary N) is 1. The Labute approximate surface area is 104 Å². The van der Waals surface area contributed by atoms with Crippen molar-refractivity contribution in [2.24, 2.45) is 0 Å². The van der Waals surface area contributed by atoms with E-state index in [4.69, 9.17) is 0 Å². The summed E-state index contributed by atoms with van der Waals surface area (Å²) in [6.07, 6.45) is 2.07. The molecule has 2 aromatic rings. The third-order valence-electron chi connectivity index (χ3n) is 3.31. The molecule has 0 amide bonds. The zero-order chi connectivity index (χ0) is 12.6. The van der Waals surface area contributed by atoms with Crippen molar-refractivity contribution in [2.45, 2.75) is 40.0 Å². The molecular weight excluding hydrogens is 206 g/mol. The summed E-state index contributed by atoms with van der Waals surface area (Å²) in [7, 11) is 0. The van der Waals surface area contributed by atoms with E-state index in [9.17, 15) is 0 Å². The summed E-state index contributed by atoms with van der Waals surface area (Å²) in [4.78, 5) is 3.28. The van der Waals surface area contributed by atoms with Gasteiger partial charge >= 0.3 is 0 Å². The Morgan fingerprint density at radius 1 is 0.941 bits per heavy atom. The number of benzene rings is 1. The van der Waals surface area contributed by atoms with Crippen molar-refractivity contribution < 1.29 is 0 Å². The Bertz CT molecular complexity index is 490. The fourth-order valence-corrected chi connectivity index (χ4v) is 2.24. The molecule has 1 N–H and O–H groups in total. The minimum absolute atomic E-state index is 0.223. The van der Waals surface area contributed by atoms with E-state index in [0.29, 0.717) is 0 Å². The van der Waals surface area contributed by atoms with E-state index >= 15 is 0 Å². The molecule has 0 aliphatic carbocycles. The molecule has 0 saturated heterocycles. The molecule has 0 unspecified atom stereocenters. The zero-order valence-corrected chi connectivity index (χ0v) is 11.4. The Balaban J connectivity index is 2.43. The minimum Gasteiger partial charge on any atom is -0.364 e. The number of rotatable bonds is 1. The molecule has 0 aliphatic heterocycles. The van der Waals surface area contributed by atoms with E-state index in [1.54, 1.807) is 0 Å². The van der Waals surface area contributed by atoms with Gasteiger partial charge < -0.3 is 4.98 Å². The lowest BCUT2D eigenvalue weighted by Crippen LogP contribution is -2.10. The zero-order valence-electron chi connectivity index (χ0n) is 11.4. The Morgan fingerprint density at radius 2 is 1.53 bits per heavy atom. The van der Waals surface area contributed by atoms with Crippen molar-refractivity contribution in [3.8, 4) is 11.1 Å². The molecule has 2 rings (SSSR count). The predicted molar refractivity (Wildman–Crippen MR) is 74.4 cm³/mol. The monoisotopic (exact) mass is 227 g/mol. The van der Waals surface area contributed by atoms with Crippen LogP contribution in [0.3, 0.4) is 0 Å². The lowest BCUT2D eigenvalue weighted by atomic mass is 9.86. The van der Waals surface area contributed by atoms with Crippen LogP contribution in [0.2, 0.25) is 0 Å². The van der Waals surface area contributed by atoms with E-state index in [1.165, 1.54) is 27.9 Å². The predicted octanol–water partition coefficient (Wildman–Crippen LogP) is 4.60. The highest BCUT2D eigenvalue weighted by Gasteiger charge is 2.14. The smallest absolute Gasteiger partial charge is 0.0197 e. The van der Waals surface area contributed by atoms with Crippen LogP contribution in [0.5, 0.6) is 0 Å². The summed E-state index contributed by atoms with van der Waals surface area (Å²) in [6, 6.07) is 8.93. The second kappa shape index (κ2) is 4.06. The first-order valence-electron chi connectivity index (χ1n) is 6.15. The maximum absolute atomic E-state index is 3.28. The van der Waals surface area contributed by atoms with E-state index in [2.05, 4.69) is 70.1 Å². The molecule has 1 aromatic carbocycles. The molecule has 1 nitrogen and oxygen atoms in total. The quantitative estimate of drug-likeness (QED) is 0.733. The van der Waals surface area contributed by atoms with Crippen LogP contribution in [-0.4, -0.2) is 4.98 Å². The molecule has 1 heterocycles. The van der Waals surface area contributed by atoms with E-state index < -0.39 is 0 Å². The van der Waals surface area contributed by atoms with Gasteiger partial charge in [-0.3, -0.25) is 0 Å². The van der Waals surface area contributed by atoms with E-state index in [0.717, 1.165) is 0 Å². The molecule has 0 aliphatic rings. The number of aryl methyl sites for hydroxylation is 2. The van der Waals surface area contributed by atoms with Gasteiger partial charge in [-0.15, -0.1) is 0 Å². The highest BCUT2D eigenvalue weighted by molar-refractivity contribution is 5.70. The van der Waals surface area contributed by atoms with Gasteiger partial charge in [0.05, 0.1) is 0 Å². The first-order valence-corrected chi connectivity index (χ1v) is 6.15. The van der Waals surface area contributed by atoms with Crippen LogP contribution in [-0.2, 0) is 5.41 Å². The second-order valence-electron chi connectivity index (χ2n) is 5.80. The third kappa shape index (κ3) is 2.28. The van der Waals surface area contributed by atoms with Crippen molar-refractivity contribution >= 4 is 0 Å². The molecule has 0 atom stereocenters. The molecule has 0 spiro atoms. The normalized spacial score (nSPS) is 11.8. The average Bonchev–Trinajstić information content (AvgIpc) is 2.58. The molecule has 1 aromatic heterocycles. The van der Waals surface area contributed by atoms with Crippen LogP contribution in [0, 0.1) is 13.8 Å². The average molecular weight is 227 g/mol. The molecule has 0 fully saturated rings. The molecule has 0 saturated carbocycles. The van der Waals surface area contributed by atoms with Crippen molar-refractivity contribution in [2.75, 3.05) is 0 Å². The molecule has 17 heavy (non-hydrogen) atoms. The molecule has 0 bridgehead atoms. The van der Waals surface area contributed by atoms with Gasteiger partial charge in [-0.25, -0.2) is 0 Å². The van der Waals surface area contributed by atoms with Gasteiger partial charge in [-0.05, 0) is 36.0 Å². The lowest BCUT2D eigenvalue weighted by Gasteiger charge is -2.19. The first-order chi connectivity index (χ1) is 7.89. The minimum atomic E-state index is 0.223. The highest BCUT2D eigenvalue weighted by atomic mass is 14.7. The summed E-state index contributed by atoms with van der Waals surface area (Å²) < 4.78 is 0. The first kappa shape index (κ1) is 12.0. The number of aromatic amines is 1. The molecular formula is C16H21N. The van der Waals surface area contributed by atoms with Gasteiger partial charge in [0.25, 0.3) is 0 Å². The van der Waals surface area contributed by atoms with Crippen LogP contribution in [0.4, 0.5) is 0 Å². The molecule has 0 radical (unpaired) electrons. The van der Waals surface area contributed by atoms with Gasteiger partial charge in [0.15, 0.2) is 0 Å². The maximum Gasteiger partial charge on any atom is 0.0197 e. The van der Waals surface area contributed by atoms with Crippen molar-refractivity contribution in [1.82, 2.24) is 4.98 Å². The van der Waals surface area contributed by atoms with Crippen LogP contribution in [0.15, 0.2) is 30.5 Å². The Morgan fingerprint density at radius 3 is 1.94 bits per heavy atom. The van der Waals surface area contributed by atoms with Gasteiger partial charge in [-0.1, -0.05) is 45.0 Å². The summed E-state index contributed by atoms with van der Waals surface area (Å²) in [5.74, 6) is 0. The van der Waals surface area contributed by atoms with Crippen LogP contribution >= 0.6 is 0 Å². The largest absolute Gasteiger partial charge is 0.364 e. The van der Waals surface area contributed by atoms with Crippen molar-refractivity contribution in [3.63, 3.8) is 0 Å². The third-order valence-corrected chi connectivity index (χ3v) is 3.31. The van der Waals surface area contributed by atoms with Crippen LogP contribution < -0.4 is 0 Å².